The van der Waals surface area contributed by atoms with E-state index in [1.807, 2.05) is 25.2 Å². The minimum absolute atomic E-state index is 0.410. The number of anilines is 1. The molecule has 1 aromatic carbocycles. The molecule has 1 aromatic heterocycles. The van der Waals surface area contributed by atoms with Crippen molar-refractivity contribution in [2.75, 3.05) is 51.4 Å². The van der Waals surface area contributed by atoms with Crippen LogP contribution in [0.2, 0.25) is 0 Å². The summed E-state index contributed by atoms with van der Waals surface area (Å²) >= 11 is 0. The van der Waals surface area contributed by atoms with E-state index in [2.05, 4.69) is 51.4 Å². The lowest BCUT2D eigenvalue weighted by Gasteiger charge is -2.29. The van der Waals surface area contributed by atoms with Crippen LogP contribution in [0.1, 0.15) is 16.8 Å². The number of azo groups is 1. The van der Waals surface area contributed by atoms with Gasteiger partial charge in [0.2, 0.25) is 5.88 Å². The Bertz CT molecular complexity index is 803. The van der Waals surface area contributed by atoms with Crippen molar-refractivity contribution in [1.82, 2.24) is 10.3 Å². The van der Waals surface area contributed by atoms with E-state index in [-0.39, 0.29) is 0 Å². The molecule has 0 atom stereocenters. The lowest BCUT2D eigenvalue weighted by atomic mass is 10.1. The lowest BCUT2D eigenvalue weighted by Crippen LogP contribution is -2.36. The van der Waals surface area contributed by atoms with Gasteiger partial charge in [0, 0.05) is 31.4 Å². The summed E-state index contributed by atoms with van der Waals surface area (Å²) in [5.74, 6) is 0.621. The topological polar surface area (TPSA) is 71.3 Å². The standard InChI is InChI=1S/C21H29N5O2/c1-16-4-5-18(12-17(16)2)25-23-15-19-13-20(26-7-10-27-11-8-26)14-21(24-19)28-9-6-22-3/h4-5,12-14,22H,6-11,15H2,1-3H3. The van der Waals surface area contributed by atoms with Crippen molar-refractivity contribution in [2.45, 2.75) is 20.4 Å². The van der Waals surface area contributed by atoms with Crippen LogP contribution in [0.3, 0.4) is 0 Å². The van der Waals surface area contributed by atoms with Gasteiger partial charge in [-0.3, -0.25) is 0 Å². The van der Waals surface area contributed by atoms with Crippen molar-refractivity contribution < 1.29 is 9.47 Å². The number of ether oxygens (including phenoxy) is 2. The van der Waals surface area contributed by atoms with Crippen molar-refractivity contribution in [2.24, 2.45) is 10.2 Å². The minimum Gasteiger partial charge on any atom is -0.476 e. The Morgan fingerprint density at radius 2 is 1.96 bits per heavy atom. The highest BCUT2D eigenvalue weighted by molar-refractivity contribution is 5.50. The third kappa shape index (κ3) is 5.74. The van der Waals surface area contributed by atoms with E-state index in [0.717, 1.165) is 49.9 Å². The second kappa shape index (κ2) is 10.1. The number of rotatable bonds is 8. The zero-order valence-corrected chi connectivity index (χ0v) is 16.9. The van der Waals surface area contributed by atoms with E-state index in [0.29, 0.717) is 19.0 Å². The van der Waals surface area contributed by atoms with Crippen LogP contribution in [-0.2, 0) is 11.3 Å². The molecule has 0 radical (unpaired) electrons. The Morgan fingerprint density at radius 3 is 2.71 bits per heavy atom. The first-order chi connectivity index (χ1) is 13.7. The van der Waals surface area contributed by atoms with Gasteiger partial charge in [0.05, 0.1) is 24.6 Å². The van der Waals surface area contributed by atoms with Crippen molar-refractivity contribution in [3.8, 4) is 5.88 Å². The quantitative estimate of drug-likeness (QED) is 0.559. The van der Waals surface area contributed by atoms with Crippen molar-refractivity contribution in [1.29, 1.82) is 0 Å². The number of likely N-dealkylation sites (N-methyl/N-ethyl adjacent to an activating group) is 1. The molecule has 3 rings (SSSR count). The van der Waals surface area contributed by atoms with Gasteiger partial charge < -0.3 is 19.7 Å². The van der Waals surface area contributed by atoms with Crippen molar-refractivity contribution in [3.05, 3.63) is 47.2 Å². The van der Waals surface area contributed by atoms with Crippen LogP contribution >= 0.6 is 0 Å². The molecular weight excluding hydrogens is 354 g/mol. The largest absolute Gasteiger partial charge is 0.476 e. The summed E-state index contributed by atoms with van der Waals surface area (Å²) in [6, 6.07) is 10.1. The van der Waals surface area contributed by atoms with Gasteiger partial charge >= 0.3 is 0 Å². The number of morpholine rings is 1. The number of hydrogen-bond donors (Lipinski definition) is 1. The number of benzene rings is 1. The predicted octanol–water partition coefficient (Wildman–Crippen LogP) is 3.42. The van der Waals surface area contributed by atoms with Gasteiger partial charge in [0.1, 0.15) is 13.2 Å². The van der Waals surface area contributed by atoms with E-state index in [1.165, 1.54) is 11.1 Å². The van der Waals surface area contributed by atoms with Crippen LogP contribution in [0.4, 0.5) is 11.4 Å². The minimum atomic E-state index is 0.410. The van der Waals surface area contributed by atoms with E-state index < -0.39 is 0 Å². The number of nitrogens with one attached hydrogen (secondary N) is 1. The zero-order valence-electron chi connectivity index (χ0n) is 16.9. The monoisotopic (exact) mass is 383 g/mol. The molecule has 28 heavy (non-hydrogen) atoms. The van der Waals surface area contributed by atoms with Crippen molar-refractivity contribution in [3.63, 3.8) is 0 Å². The molecular formula is C21H29N5O2. The van der Waals surface area contributed by atoms with Crippen LogP contribution in [0.5, 0.6) is 5.88 Å². The Kier molecular flexibility index (Phi) is 7.33. The van der Waals surface area contributed by atoms with E-state index in [1.54, 1.807) is 0 Å². The summed E-state index contributed by atoms with van der Waals surface area (Å²) < 4.78 is 11.3. The first-order valence-corrected chi connectivity index (χ1v) is 9.71. The number of nitrogens with zero attached hydrogens (tertiary/aromatic N) is 4. The molecule has 0 spiro atoms. The number of aromatic nitrogens is 1. The normalized spacial score (nSPS) is 14.6. The molecule has 0 amide bonds. The number of aryl methyl sites for hydroxylation is 2. The van der Waals surface area contributed by atoms with Gasteiger partial charge in [-0.2, -0.15) is 10.2 Å². The average molecular weight is 383 g/mol. The van der Waals surface area contributed by atoms with Gasteiger partial charge in [-0.05, 0) is 50.2 Å². The fourth-order valence-electron chi connectivity index (χ4n) is 2.94. The van der Waals surface area contributed by atoms with Crippen LogP contribution < -0.4 is 15.0 Å². The zero-order chi connectivity index (χ0) is 19.8. The fraction of sp³-hybridized carbons (Fsp3) is 0.476. The summed E-state index contributed by atoms with van der Waals surface area (Å²) in [5.41, 5.74) is 5.26. The van der Waals surface area contributed by atoms with Crippen LogP contribution in [0.15, 0.2) is 40.6 Å². The molecule has 0 saturated carbocycles. The van der Waals surface area contributed by atoms with Crippen molar-refractivity contribution >= 4 is 11.4 Å². The molecule has 2 heterocycles. The molecule has 1 saturated heterocycles. The Balaban J connectivity index is 1.74. The van der Waals surface area contributed by atoms with Crippen LogP contribution in [0, 0.1) is 13.8 Å². The summed E-state index contributed by atoms with van der Waals surface area (Å²) in [4.78, 5) is 6.89. The summed E-state index contributed by atoms with van der Waals surface area (Å²) in [6.45, 7) is 9.12. The first kappa shape index (κ1) is 20.2. The fourth-order valence-corrected chi connectivity index (χ4v) is 2.94. The molecule has 0 unspecified atom stereocenters. The van der Waals surface area contributed by atoms with E-state index >= 15 is 0 Å². The highest BCUT2D eigenvalue weighted by atomic mass is 16.5. The van der Waals surface area contributed by atoms with Crippen LogP contribution in [0.25, 0.3) is 0 Å². The maximum atomic E-state index is 5.81. The number of hydrogen-bond acceptors (Lipinski definition) is 7. The molecule has 1 aliphatic heterocycles. The lowest BCUT2D eigenvalue weighted by molar-refractivity contribution is 0.122. The Labute approximate surface area is 166 Å². The number of pyridine rings is 1. The third-order valence-corrected chi connectivity index (χ3v) is 4.73. The third-order valence-electron chi connectivity index (χ3n) is 4.73. The van der Waals surface area contributed by atoms with Crippen LogP contribution in [-0.4, -0.2) is 51.5 Å². The predicted molar refractivity (Wildman–Crippen MR) is 111 cm³/mol. The molecule has 7 nitrogen and oxygen atoms in total. The summed E-state index contributed by atoms with van der Waals surface area (Å²) in [7, 11) is 1.90. The van der Waals surface area contributed by atoms with Gasteiger partial charge in [0.25, 0.3) is 0 Å². The highest BCUT2D eigenvalue weighted by Crippen LogP contribution is 2.23. The molecule has 2 aromatic rings. The van der Waals surface area contributed by atoms with Gasteiger partial charge in [-0.15, -0.1) is 0 Å². The highest BCUT2D eigenvalue weighted by Gasteiger charge is 2.14. The van der Waals surface area contributed by atoms with Gasteiger partial charge in [-0.25, -0.2) is 4.98 Å². The molecule has 150 valence electrons. The molecule has 1 aliphatic rings. The van der Waals surface area contributed by atoms with E-state index in [4.69, 9.17) is 9.47 Å². The first-order valence-electron chi connectivity index (χ1n) is 9.71. The molecule has 0 bridgehead atoms. The molecule has 7 heteroatoms. The van der Waals surface area contributed by atoms with Gasteiger partial charge in [0.15, 0.2) is 0 Å². The molecule has 1 N–H and O–H groups in total. The SMILES string of the molecule is CNCCOc1cc(N2CCOCC2)cc(CN=Nc2ccc(C)c(C)c2)n1. The van der Waals surface area contributed by atoms with E-state index in [9.17, 15) is 0 Å². The molecule has 0 aliphatic carbocycles. The Hall–Kier alpha value is -2.51. The maximum Gasteiger partial charge on any atom is 0.215 e. The Morgan fingerprint density at radius 1 is 1.14 bits per heavy atom. The summed E-state index contributed by atoms with van der Waals surface area (Å²) in [6.07, 6.45) is 0. The second-order valence-electron chi connectivity index (χ2n) is 6.87. The van der Waals surface area contributed by atoms with Gasteiger partial charge in [-0.1, -0.05) is 6.07 Å². The average Bonchev–Trinajstić information content (AvgIpc) is 2.71. The second-order valence-corrected chi connectivity index (χ2v) is 6.87. The summed E-state index contributed by atoms with van der Waals surface area (Å²) in [5, 5.41) is 11.8. The molecule has 1 fully saturated rings. The smallest absolute Gasteiger partial charge is 0.215 e. The maximum absolute atomic E-state index is 5.81.